The van der Waals surface area contributed by atoms with E-state index >= 15 is 0 Å². The molecule has 1 heterocycles. The molecule has 2 fully saturated rings. The number of hydrogen-bond acceptors (Lipinski definition) is 4. The van der Waals surface area contributed by atoms with Crippen molar-refractivity contribution in [3.05, 3.63) is 30.3 Å². The van der Waals surface area contributed by atoms with Crippen LogP contribution in [-0.4, -0.2) is 48.4 Å². The molecular formula is C22H32N4O3. The van der Waals surface area contributed by atoms with E-state index in [2.05, 4.69) is 22.9 Å². The van der Waals surface area contributed by atoms with Gasteiger partial charge >= 0.3 is 6.03 Å². The molecule has 0 bridgehead atoms. The summed E-state index contributed by atoms with van der Waals surface area (Å²) in [5.41, 5.74) is 0.779. The predicted molar refractivity (Wildman–Crippen MR) is 112 cm³/mol. The van der Waals surface area contributed by atoms with Gasteiger partial charge in [0.1, 0.15) is 0 Å². The summed E-state index contributed by atoms with van der Waals surface area (Å²) >= 11 is 0. The summed E-state index contributed by atoms with van der Waals surface area (Å²) in [5.74, 6) is -0.0651. The van der Waals surface area contributed by atoms with Gasteiger partial charge in [-0.3, -0.25) is 19.8 Å². The second-order valence-electron chi connectivity index (χ2n) is 8.32. The molecule has 1 aliphatic heterocycles. The zero-order chi connectivity index (χ0) is 20.6. The van der Waals surface area contributed by atoms with Crippen LogP contribution in [0.2, 0.25) is 0 Å². The molecule has 0 spiro atoms. The van der Waals surface area contributed by atoms with Gasteiger partial charge in [0, 0.05) is 18.3 Å². The van der Waals surface area contributed by atoms with E-state index in [1.54, 1.807) is 0 Å². The number of benzene rings is 1. The molecule has 1 saturated carbocycles. The standard InChI is InChI=1S/C22H32N4O3/c1-16-8-5-6-12-19(16)24-22(29)25-20(27)15-26-13-7-9-17(14-26)21(28)23-18-10-3-2-4-11-18/h2-4,10-11,16-17,19H,5-9,12-15H2,1H3,(H,23,28)(H2,24,25,27,29). The Bertz CT molecular complexity index is 709. The molecule has 4 amide bonds. The third-order valence-corrected chi connectivity index (χ3v) is 5.97. The Balaban J connectivity index is 1.42. The van der Waals surface area contributed by atoms with Crippen LogP contribution < -0.4 is 16.0 Å². The topological polar surface area (TPSA) is 90.5 Å². The van der Waals surface area contributed by atoms with Crippen molar-refractivity contribution in [2.45, 2.75) is 51.5 Å². The van der Waals surface area contributed by atoms with E-state index in [1.807, 2.05) is 35.2 Å². The minimum absolute atomic E-state index is 0.0228. The molecule has 2 aliphatic rings. The second kappa shape index (κ2) is 10.4. The van der Waals surface area contributed by atoms with Crippen molar-refractivity contribution in [1.29, 1.82) is 0 Å². The smallest absolute Gasteiger partial charge is 0.321 e. The third kappa shape index (κ3) is 6.56. The molecule has 1 aromatic carbocycles. The fourth-order valence-corrected chi connectivity index (χ4v) is 4.28. The monoisotopic (exact) mass is 400 g/mol. The molecule has 158 valence electrons. The van der Waals surface area contributed by atoms with E-state index in [9.17, 15) is 14.4 Å². The molecule has 3 unspecified atom stereocenters. The van der Waals surface area contributed by atoms with Crippen molar-refractivity contribution in [2.24, 2.45) is 11.8 Å². The van der Waals surface area contributed by atoms with E-state index < -0.39 is 6.03 Å². The summed E-state index contributed by atoms with van der Waals surface area (Å²) < 4.78 is 0. The van der Waals surface area contributed by atoms with Crippen LogP contribution in [-0.2, 0) is 9.59 Å². The number of nitrogens with zero attached hydrogens (tertiary/aromatic N) is 1. The van der Waals surface area contributed by atoms with Crippen molar-refractivity contribution < 1.29 is 14.4 Å². The first-order valence-corrected chi connectivity index (χ1v) is 10.7. The maximum Gasteiger partial charge on any atom is 0.321 e. The number of urea groups is 1. The highest BCUT2D eigenvalue weighted by Gasteiger charge is 2.28. The zero-order valence-corrected chi connectivity index (χ0v) is 17.2. The number of nitrogens with one attached hydrogen (secondary N) is 3. The van der Waals surface area contributed by atoms with Crippen LogP contribution in [0.5, 0.6) is 0 Å². The average molecular weight is 401 g/mol. The first kappa shape index (κ1) is 21.3. The van der Waals surface area contributed by atoms with Crippen LogP contribution in [0.25, 0.3) is 0 Å². The molecule has 7 nitrogen and oxygen atoms in total. The van der Waals surface area contributed by atoms with Crippen LogP contribution in [0, 0.1) is 11.8 Å². The Labute approximate surface area is 172 Å². The highest BCUT2D eigenvalue weighted by Crippen LogP contribution is 2.23. The van der Waals surface area contributed by atoms with E-state index in [4.69, 9.17) is 0 Å². The van der Waals surface area contributed by atoms with E-state index in [0.717, 1.165) is 44.3 Å². The molecule has 3 atom stereocenters. The molecule has 29 heavy (non-hydrogen) atoms. The predicted octanol–water partition coefficient (Wildman–Crippen LogP) is 2.74. The molecule has 1 saturated heterocycles. The lowest BCUT2D eigenvalue weighted by Crippen LogP contribution is -2.51. The number of carbonyl (C=O) groups excluding carboxylic acids is 3. The largest absolute Gasteiger partial charge is 0.335 e. The summed E-state index contributed by atoms with van der Waals surface area (Å²) in [7, 11) is 0. The number of anilines is 1. The van der Waals surface area contributed by atoms with E-state index in [0.29, 0.717) is 12.5 Å². The summed E-state index contributed by atoms with van der Waals surface area (Å²) in [5, 5.41) is 8.32. The minimum Gasteiger partial charge on any atom is -0.335 e. The lowest BCUT2D eigenvalue weighted by Gasteiger charge is -2.32. The Morgan fingerprint density at radius 2 is 1.79 bits per heavy atom. The SMILES string of the molecule is CC1CCCCC1NC(=O)NC(=O)CN1CCCC(C(=O)Nc2ccccc2)C1. The second-order valence-corrected chi connectivity index (χ2v) is 8.32. The highest BCUT2D eigenvalue weighted by atomic mass is 16.2. The number of imide groups is 1. The van der Waals surface area contributed by atoms with Crippen LogP contribution in [0.4, 0.5) is 10.5 Å². The van der Waals surface area contributed by atoms with Crippen molar-refractivity contribution in [3.63, 3.8) is 0 Å². The third-order valence-electron chi connectivity index (χ3n) is 5.97. The Hall–Kier alpha value is -2.41. The van der Waals surface area contributed by atoms with Crippen LogP contribution in [0.15, 0.2) is 30.3 Å². The van der Waals surface area contributed by atoms with Crippen molar-refractivity contribution in [3.8, 4) is 0 Å². The number of carbonyl (C=O) groups is 3. The fourth-order valence-electron chi connectivity index (χ4n) is 4.28. The van der Waals surface area contributed by atoms with Gasteiger partial charge in [-0.05, 0) is 50.3 Å². The van der Waals surface area contributed by atoms with Crippen molar-refractivity contribution in [1.82, 2.24) is 15.5 Å². The summed E-state index contributed by atoms with van der Waals surface area (Å²) in [6, 6.07) is 9.11. The minimum atomic E-state index is -0.413. The lowest BCUT2D eigenvalue weighted by atomic mass is 9.86. The van der Waals surface area contributed by atoms with Crippen LogP contribution in [0.1, 0.15) is 45.4 Å². The van der Waals surface area contributed by atoms with Gasteiger partial charge in [-0.2, -0.15) is 0 Å². The molecule has 0 radical (unpaired) electrons. The van der Waals surface area contributed by atoms with Crippen molar-refractivity contribution >= 4 is 23.5 Å². The molecule has 0 aromatic heterocycles. The Kier molecular flexibility index (Phi) is 7.63. The number of para-hydroxylation sites is 1. The van der Waals surface area contributed by atoms with Gasteiger partial charge in [-0.1, -0.05) is 38.0 Å². The normalized spacial score (nSPS) is 25.1. The maximum absolute atomic E-state index is 12.5. The van der Waals surface area contributed by atoms with Crippen LogP contribution >= 0.6 is 0 Å². The van der Waals surface area contributed by atoms with Gasteiger partial charge < -0.3 is 10.6 Å². The number of rotatable bonds is 5. The molecule has 7 heteroatoms. The van der Waals surface area contributed by atoms with Gasteiger partial charge in [0.2, 0.25) is 11.8 Å². The number of piperidine rings is 1. The Morgan fingerprint density at radius 1 is 1.03 bits per heavy atom. The average Bonchev–Trinajstić information content (AvgIpc) is 2.70. The molecule has 1 aromatic rings. The highest BCUT2D eigenvalue weighted by molar-refractivity contribution is 5.95. The summed E-state index contributed by atoms with van der Waals surface area (Å²) in [6.07, 6.45) is 6.05. The molecule has 3 N–H and O–H groups in total. The number of hydrogen-bond donors (Lipinski definition) is 3. The Morgan fingerprint density at radius 3 is 2.55 bits per heavy atom. The molecule has 3 rings (SSSR count). The summed E-state index contributed by atoms with van der Waals surface area (Å²) in [4.78, 5) is 38.9. The van der Waals surface area contributed by atoms with Gasteiger partial charge in [0.15, 0.2) is 0 Å². The zero-order valence-electron chi connectivity index (χ0n) is 17.2. The van der Waals surface area contributed by atoms with Crippen molar-refractivity contribution in [2.75, 3.05) is 25.0 Å². The lowest BCUT2D eigenvalue weighted by molar-refractivity contribution is -0.125. The maximum atomic E-state index is 12.5. The van der Waals surface area contributed by atoms with E-state index in [-0.39, 0.29) is 30.3 Å². The fraction of sp³-hybridized carbons (Fsp3) is 0.591. The van der Waals surface area contributed by atoms with Gasteiger partial charge in [0.05, 0.1) is 12.5 Å². The van der Waals surface area contributed by atoms with Gasteiger partial charge in [-0.15, -0.1) is 0 Å². The van der Waals surface area contributed by atoms with E-state index in [1.165, 1.54) is 6.42 Å². The van der Waals surface area contributed by atoms with Gasteiger partial charge in [0.25, 0.3) is 0 Å². The quantitative estimate of drug-likeness (QED) is 0.709. The molecule has 1 aliphatic carbocycles. The molecular weight excluding hydrogens is 368 g/mol. The number of likely N-dealkylation sites (tertiary alicyclic amines) is 1. The van der Waals surface area contributed by atoms with Gasteiger partial charge in [-0.25, -0.2) is 4.79 Å². The first-order chi connectivity index (χ1) is 14.0. The number of amides is 4. The first-order valence-electron chi connectivity index (χ1n) is 10.7. The van der Waals surface area contributed by atoms with Crippen LogP contribution in [0.3, 0.4) is 0 Å². The summed E-state index contributed by atoms with van der Waals surface area (Å²) in [6.45, 7) is 3.54.